The highest BCUT2D eigenvalue weighted by atomic mass is 16.3. The number of nitriles is 1. The zero-order valence-corrected chi connectivity index (χ0v) is 13.8. The Kier molecular flexibility index (Phi) is 5.62. The summed E-state index contributed by atoms with van der Waals surface area (Å²) < 4.78 is 0. The summed E-state index contributed by atoms with van der Waals surface area (Å²) in [5, 5.41) is 24.7. The standard InChI is InChI=1S/C18H25N3O2/c1-13(15-8-6-14(11-19)7-9-15)21-17(23)20-12-18(2)10-4-3-5-16(18)22/h6-9,13,16,22H,3-5,10,12H2,1-2H3,(H2,20,21,23). The lowest BCUT2D eigenvalue weighted by Gasteiger charge is -2.38. The lowest BCUT2D eigenvalue weighted by molar-refractivity contribution is 0.00305. The molecule has 5 heteroatoms. The van der Waals surface area contributed by atoms with Crippen LogP contribution >= 0.6 is 0 Å². The molecule has 3 atom stereocenters. The number of hydrogen-bond donors (Lipinski definition) is 3. The first kappa shape index (κ1) is 17.3. The van der Waals surface area contributed by atoms with Crippen LogP contribution in [0.25, 0.3) is 0 Å². The molecule has 0 radical (unpaired) electrons. The first-order chi connectivity index (χ1) is 10.9. The summed E-state index contributed by atoms with van der Waals surface area (Å²) in [7, 11) is 0. The summed E-state index contributed by atoms with van der Waals surface area (Å²) in [4.78, 5) is 12.1. The van der Waals surface area contributed by atoms with Crippen molar-refractivity contribution in [1.29, 1.82) is 5.26 Å². The third-order valence-corrected chi connectivity index (χ3v) is 4.82. The molecule has 0 spiro atoms. The Morgan fingerprint density at radius 2 is 2.13 bits per heavy atom. The molecular formula is C18H25N3O2. The second-order valence-corrected chi connectivity index (χ2v) is 6.70. The Hall–Kier alpha value is -2.06. The predicted octanol–water partition coefficient (Wildman–Crippen LogP) is 2.86. The van der Waals surface area contributed by atoms with Gasteiger partial charge in [0.25, 0.3) is 0 Å². The largest absolute Gasteiger partial charge is 0.392 e. The van der Waals surface area contributed by atoms with Gasteiger partial charge in [0.15, 0.2) is 0 Å². The number of rotatable bonds is 4. The van der Waals surface area contributed by atoms with E-state index in [1.165, 1.54) is 0 Å². The lowest BCUT2D eigenvalue weighted by Crippen LogP contribution is -2.48. The SMILES string of the molecule is CC(NC(=O)NCC1(C)CCCCC1O)c1ccc(C#N)cc1. The number of benzene rings is 1. The fourth-order valence-corrected chi connectivity index (χ4v) is 3.05. The van der Waals surface area contributed by atoms with Crippen LogP contribution in [0.5, 0.6) is 0 Å². The molecule has 3 N–H and O–H groups in total. The Balaban J connectivity index is 1.85. The minimum Gasteiger partial charge on any atom is -0.392 e. The van der Waals surface area contributed by atoms with E-state index < -0.39 is 0 Å². The Bertz CT molecular complexity index is 579. The quantitative estimate of drug-likeness (QED) is 0.798. The highest BCUT2D eigenvalue weighted by Gasteiger charge is 2.35. The van der Waals surface area contributed by atoms with Gasteiger partial charge >= 0.3 is 6.03 Å². The van der Waals surface area contributed by atoms with Gasteiger partial charge in [-0.2, -0.15) is 5.26 Å². The third kappa shape index (κ3) is 4.46. The first-order valence-electron chi connectivity index (χ1n) is 8.17. The Labute approximate surface area is 137 Å². The van der Waals surface area contributed by atoms with Gasteiger partial charge in [0, 0.05) is 12.0 Å². The smallest absolute Gasteiger partial charge is 0.315 e. The molecule has 2 amide bonds. The number of aliphatic hydroxyl groups excluding tert-OH is 1. The molecule has 0 aromatic heterocycles. The van der Waals surface area contributed by atoms with Crippen LogP contribution < -0.4 is 10.6 Å². The number of aliphatic hydroxyl groups is 1. The molecule has 1 aliphatic rings. The average molecular weight is 315 g/mol. The van der Waals surface area contributed by atoms with Gasteiger partial charge in [-0.05, 0) is 37.5 Å². The molecule has 3 unspecified atom stereocenters. The maximum absolute atomic E-state index is 12.1. The van der Waals surface area contributed by atoms with Crippen molar-refractivity contribution < 1.29 is 9.90 Å². The van der Waals surface area contributed by atoms with Crippen LogP contribution in [0.15, 0.2) is 24.3 Å². The van der Waals surface area contributed by atoms with Crippen LogP contribution in [0.2, 0.25) is 0 Å². The molecule has 0 aliphatic heterocycles. The van der Waals surface area contributed by atoms with Gasteiger partial charge in [0.2, 0.25) is 0 Å². The highest BCUT2D eigenvalue weighted by Crippen LogP contribution is 2.35. The maximum Gasteiger partial charge on any atom is 0.315 e. The summed E-state index contributed by atoms with van der Waals surface area (Å²) in [6.45, 7) is 4.40. The number of hydrogen-bond acceptors (Lipinski definition) is 3. The lowest BCUT2D eigenvalue weighted by atomic mass is 9.73. The number of carbonyl (C=O) groups excluding carboxylic acids is 1. The maximum atomic E-state index is 12.1. The van der Waals surface area contributed by atoms with E-state index in [9.17, 15) is 9.90 Å². The van der Waals surface area contributed by atoms with E-state index in [-0.39, 0.29) is 23.6 Å². The number of amides is 2. The summed E-state index contributed by atoms with van der Waals surface area (Å²) >= 11 is 0. The van der Waals surface area contributed by atoms with Gasteiger partial charge < -0.3 is 15.7 Å². The van der Waals surface area contributed by atoms with Crippen LogP contribution in [0.3, 0.4) is 0 Å². The molecule has 1 aliphatic carbocycles. The molecule has 124 valence electrons. The highest BCUT2D eigenvalue weighted by molar-refractivity contribution is 5.74. The van der Waals surface area contributed by atoms with E-state index in [4.69, 9.17) is 5.26 Å². The molecule has 0 heterocycles. The van der Waals surface area contributed by atoms with E-state index >= 15 is 0 Å². The minimum absolute atomic E-state index is 0.146. The average Bonchev–Trinajstić information content (AvgIpc) is 2.56. The Morgan fingerprint density at radius 3 is 2.74 bits per heavy atom. The van der Waals surface area contributed by atoms with E-state index in [1.54, 1.807) is 12.1 Å². The van der Waals surface area contributed by atoms with Crippen molar-refractivity contribution in [3.8, 4) is 6.07 Å². The van der Waals surface area contributed by atoms with E-state index in [2.05, 4.69) is 16.7 Å². The summed E-state index contributed by atoms with van der Waals surface area (Å²) in [5.41, 5.74) is 1.31. The van der Waals surface area contributed by atoms with E-state index in [1.807, 2.05) is 26.0 Å². The van der Waals surface area contributed by atoms with Gasteiger partial charge in [0.05, 0.1) is 23.8 Å². The number of nitrogens with zero attached hydrogens (tertiary/aromatic N) is 1. The Morgan fingerprint density at radius 1 is 1.43 bits per heavy atom. The summed E-state index contributed by atoms with van der Waals surface area (Å²) in [6.07, 6.45) is 3.53. The molecule has 23 heavy (non-hydrogen) atoms. The molecule has 0 saturated heterocycles. The number of urea groups is 1. The molecule has 1 aromatic rings. The van der Waals surface area contributed by atoms with Gasteiger partial charge in [-0.3, -0.25) is 0 Å². The summed E-state index contributed by atoms with van der Waals surface area (Å²) in [5.74, 6) is 0. The van der Waals surface area contributed by atoms with Crippen molar-refractivity contribution in [3.63, 3.8) is 0 Å². The molecule has 2 rings (SSSR count). The molecule has 0 bridgehead atoms. The van der Waals surface area contributed by atoms with Crippen LogP contribution in [-0.2, 0) is 0 Å². The van der Waals surface area contributed by atoms with Crippen molar-refractivity contribution in [2.75, 3.05) is 6.54 Å². The molecule has 1 saturated carbocycles. The van der Waals surface area contributed by atoms with Crippen molar-refractivity contribution in [2.24, 2.45) is 5.41 Å². The zero-order valence-electron chi connectivity index (χ0n) is 13.8. The minimum atomic E-state index is -0.354. The van der Waals surface area contributed by atoms with E-state index in [0.717, 1.165) is 31.2 Å². The van der Waals surface area contributed by atoms with Crippen LogP contribution in [0, 0.1) is 16.7 Å². The van der Waals surface area contributed by atoms with Crippen LogP contribution in [0.4, 0.5) is 4.79 Å². The van der Waals surface area contributed by atoms with Gasteiger partial charge in [0.1, 0.15) is 0 Å². The van der Waals surface area contributed by atoms with Crippen molar-refractivity contribution >= 4 is 6.03 Å². The molecule has 1 fully saturated rings. The topological polar surface area (TPSA) is 85.2 Å². The second-order valence-electron chi connectivity index (χ2n) is 6.70. The summed E-state index contributed by atoms with van der Waals surface area (Å²) in [6, 6.07) is 8.86. The van der Waals surface area contributed by atoms with E-state index in [0.29, 0.717) is 12.1 Å². The number of carbonyl (C=O) groups is 1. The monoisotopic (exact) mass is 315 g/mol. The van der Waals surface area contributed by atoms with Crippen molar-refractivity contribution in [3.05, 3.63) is 35.4 Å². The fraction of sp³-hybridized carbons (Fsp3) is 0.556. The third-order valence-electron chi connectivity index (χ3n) is 4.82. The second kappa shape index (κ2) is 7.47. The normalized spacial score (nSPS) is 25.2. The predicted molar refractivity (Wildman–Crippen MR) is 88.7 cm³/mol. The molecule has 5 nitrogen and oxygen atoms in total. The zero-order chi connectivity index (χ0) is 16.9. The van der Waals surface area contributed by atoms with Gasteiger partial charge in [-0.1, -0.05) is 31.9 Å². The van der Waals surface area contributed by atoms with Gasteiger partial charge in [-0.25, -0.2) is 4.79 Å². The fourth-order valence-electron chi connectivity index (χ4n) is 3.05. The van der Waals surface area contributed by atoms with Crippen LogP contribution in [-0.4, -0.2) is 23.8 Å². The van der Waals surface area contributed by atoms with Gasteiger partial charge in [-0.15, -0.1) is 0 Å². The molecular weight excluding hydrogens is 290 g/mol. The first-order valence-corrected chi connectivity index (χ1v) is 8.17. The van der Waals surface area contributed by atoms with Crippen molar-refractivity contribution in [1.82, 2.24) is 10.6 Å². The molecule has 1 aromatic carbocycles. The van der Waals surface area contributed by atoms with Crippen molar-refractivity contribution in [2.45, 2.75) is 51.7 Å². The number of nitrogens with one attached hydrogen (secondary N) is 2. The van der Waals surface area contributed by atoms with Crippen LogP contribution in [0.1, 0.15) is 56.7 Å².